The number of aromatic nitrogens is 2. The predicted octanol–water partition coefficient (Wildman–Crippen LogP) is 2.06. The quantitative estimate of drug-likeness (QED) is 0.896. The number of rotatable bonds is 4. The maximum atomic E-state index is 10.0. The van der Waals surface area contributed by atoms with Gasteiger partial charge in [0.2, 0.25) is 0 Å². The minimum Gasteiger partial charge on any atom is -0.396 e. The lowest BCUT2D eigenvalue weighted by atomic mass is 9.71. The Balaban J connectivity index is 1.41. The Morgan fingerprint density at radius 2 is 2.11 bits per heavy atom. The van der Waals surface area contributed by atoms with E-state index in [9.17, 15) is 5.11 Å². The number of hydrogen-bond donors (Lipinski definition) is 1. The SMILES string of the molecule is N#Cc1cccc(CN2CCC3(CC2)CN(c2ccncn2)CC3CO)c1. The lowest BCUT2D eigenvalue weighted by molar-refractivity contribution is 0.0507. The largest absolute Gasteiger partial charge is 0.396 e. The standard InChI is InChI=1S/C21H25N5O/c22-11-17-2-1-3-18(10-17)12-25-8-5-21(6-9-25)15-26(13-19(21)14-27)20-4-7-23-16-24-20/h1-4,7,10,16,19,27H,5-6,8-9,12-15H2. The van der Waals surface area contributed by atoms with Crippen molar-refractivity contribution in [1.82, 2.24) is 14.9 Å². The molecule has 6 heteroatoms. The van der Waals surface area contributed by atoms with Gasteiger partial charge in [0.25, 0.3) is 0 Å². The Hall–Kier alpha value is -2.49. The molecule has 2 fully saturated rings. The van der Waals surface area contributed by atoms with Crippen molar-refractivity contribution in [3.63, 3.8) is 0 Å². The zero-order valence-electron chi connectivity index (χ0n) is 15.5. The van der Waals surface area contributed by atoms with Gasteiger partial charge in [0, 0.05) is 38.4 Å². The van der Waals surface area contributed by atoms with Gasteiger partial charge in [0.1, 0.15) is 12.1 Å². The first kappa shape index (κ1) is 17.9. The molecule has 27 heavy (non-hydrogen) atoms. The highest BCUT2D eigenvalue weighted by Gasteiger charge is 2.47. The number of anilines is 1. The molecule has 2 aromatic rings. The van der Waals surface area contributed by atoms with E-state index in [1.165, 1.54) is 5.56 Å². The van der Waals surface area contributed by atoms with Crippen LogP contribution in [0.3, 0.4) is 0 Å². The third-order valence-corrected chi connectivity index (χ3v) is 6.24. The third kappa shape index (κ3) is 3.66. The van der Waals surface area contributed by atoms with Gasteiger partial charge >= 0.3 is 0 Å². The maximum Gasteiger partial charge on any atom is 0.131 e. The van der Waals surface area contributed by atoms with Gasteiger partial charge < -0.3 is 10.0 Å². The van der Waals surface area contributed by atoms with Crippen molar-refractivity contribution in [2.24, 2.45) is 11.3 Å². The van der Waals surface area contributed by atoms with E-state index < -0.39 is 0 Å². The average Bonchev–Trinajstić information content (AvgIpc) is 3.09. The topological polar surface area (TPSA) is 76.3 Å². The number of nitriles is 1. The second-order valence-electron chi connectivity index (χ2n) is 7.78. The normalized spacial score (nSPS) is 22.1. The van der Waals surface area contributed by atoms with Gasteiger partial charge in [-0.15, -0.1) is 0 Å². The molecule has 1 aromatic heterocycles. The summed E-state index contributed by atoms with van der Waals surface area (Å²) in [6.07, 6.45) is 5.53. The summed E-state index contributed by atoms with van der Waals surface area (Å²) in [5.74, 6) is 1.24. The highest BCUT2D eigenvalue weighted by atomic mass is 16.3. The van der Waals surface area contributed by atoms with Gasteiger partial charge in [-0.05, 0) is 55.1 Å². The summed E-state index contributed by atoms with van der Waals surface area (Å²) < 4.78 is 0. The van der Waals surface area contributed by atoms with Gasteiger partial charge in [-0.25, -0.2) is 9.97 Å². The number of nitrogens with zero attached hydrogens (tertiary/aromatic N) is 5. The average molecular weight is 363 g/mol. The number of likely N-dealkylation sites (tertiary alicyclic amines) is 1. The lowest BCUT2D eigenvalue weighted by Crippen LogP contribution is -2.44. The molecule has 6 nitrogen and oxygen atoms in total. The van der Waals surface area contributed by atoms with Crippen molar-refractivity contribution in [3.8, 4) is 6.07 Å². The van der Waals surface area contributed by atoms with E-state index in [0.29, 0.717) is 0 Å². The minimum absolute atomic E-state index is 0.157. The first-order chi connectivity index (χ1) is 13.2. The summed E-state index contributed by atoms with van der Waals surface area (Å²) >= 11 is 0. The van der Waals surface area contributed by atoms with Crippen molar-refractivity contribution in [1.29, 1.82) is 5.26 Å². The zero-order chi connectivity index (χ0) is 18.7. The lowest BCUT2D eigenvalue weighted by Gasteiger charge is -2.42. The van der Waals surface area contributed by atoms with Gasteiger partial charge in [0.05, 0.1) is 11.6 Å². The molecule has 140 valence electrons. The summed E-state index contributed by atoms with van der Waals surface area (Å²) in [6.45, 7) is 4.96. The first-order valence-electron chi connectivity index (χ1n) is 9.56. The van der Waals surface area contributed by atoms with Crippen LogP contribution < -0.4 is 4.90 Å². The van der Waals surface area contributed by atoms with E-state index >= 15 is 0 Å². The van der Waals surface area contributed by atoms with Gasteiger partial charge in [0.15, 0.2) is 0 Å². The molecule has 1 N–H and O–H groups in total. The fourth-order valence-electron chi connectivity index (χ4n) is 4.65. The predicted molar refractivity (Wildman–Crippen MR) is 103 cm³/mol. The van der Waals surface area contributed by atoms with Crippen LogP contribution in [0.25, 0.3) is 0 Å². The molecular weight excluding hydrogens is 338 g/mol. The minimum atomic E-state index is 0.157. The van der Waals surface area contributed by atoms with Crippen LogP contribution in [-0.4, -0.2) is 52.8 Å². The number of piperidine rings is 1. The first-order valence-corrected chi connectivity index (χ1v) is 9.56. The second kappa shape index (κ2) is 7.63. The Bertz CT molecular complexity index is 811. The number of benzene rings is 1. The molecule has 2 aliphatic rings. The molecular formula is C21H25N5O. The summed E-state index contributed by atoms with van der Waals surface area (Å²) in [4.78, 5) is 13.2. The van der Waals surface area contributed by atoms with E-state index in [-0.39, 0.29) is 17.9 Å². The van der Waals surface area contributed by atoms with Crippen molar-refractivity contribution in [2.45, 2.75) is 19.4 Å². The number of aliphatic hydroxyl groups is 1. The van der Waals surface area contributed by atoms with Crippen molar-refractivity contribution in [3.05, 3.63) is 54.0 Å². The molecule has 2 saturated heterocycles. The van der Waals surface area contributed by atoms with E-state index in [1.54, 1.807) is 12.5 Å². The summed E-state index contributed by atoms with van der Waals surface area (Å²) in [6, 6.07) is 12.0. The summed E-state index contributed by atoms with van der Waals surface area (Å²) in [7, 11) is 0. The Morgan fingerprint density at radius 3 is 2.81 bits per heavy atom. The smallest absolute Gasteiger partial charge is 0.131 e. The molecule has 0 saturated carbocycles. The fraction of sp³-hybridized carbons (Fsp3) is 0.476. The van der Waals surface area contributed by atoms with E-state index in [1.807, 2.05) is 24.3 Å². The van der Waals surface area contributed by atoms with Crippen LogP contribution >= 0.6 is 0 Å². The molecule has 0 radical (unpaired) electrons. The van der Waals surface area contributed by atoms with Crippen LogP contribution in [0.2, 0.25) is 0 Å². The molecule has 1 unspecified atom stereocenters. The summed E-state index contributed by atoms with van der Waals surface area (Å²) in [5.41, 5.74) is 2.07. The molecule has 0 bridgehead atoms. The molecule has 3 heterocycles. The molecule has 0 amide bonds. The third-order valence-electron chi connectivity index (χ3n) is 6.24. The second-order valence-corrected chi connectivity index (χ2v) is 7.78. The van der Waals surface area contributed by atoms with Crippen LogP contribution in [0, 0.1) is 22.7 Å². The summed E-state index contributed by atoms with van der Waals surface area (Å²) in [5, 5.41) is 19.1. The van der Waals surface area contributed by atoms with Crippen LogP contribution in [-0.2, 0) is 6.54 Å². The zero-order valence-corrected chi connectivity index (χ0v) is 15.5. The maximum absolute atomic E-state index is 10.0. The molecule has 1 spiro atoms. The van der Waals surface area contributed by atoms with Crippen molar-refractivity contribution < 1.29 is 5.11 Å². The van der Waals surface area contributed by atoms with E-state index in [0.717, 1.165) is 56.9 Å². The molecule has 0 aliphatic carbocycles. The molecule has 1 aromatic carbocycles. The van der Waals surface area contributed by atoms with Crippen molar-refractivity contribution >= 4 is 5.82 Å². The highest BCUT2D eigenvalue weighted by molar-refractivity contribution is 5.39. The van der Waals surface area contributed by atoms with Crippen LogP contribution in [0.5, 0.6) is 0 Å². The number of aliphatic hydroxyl groups excluding tert-OH is 1. The van der Waals surface area contributed by atoms with Gasteiger partial charge in [-0.3, -0.25) is 4.90 Å². The highest BCUT2D eigenvalue weighted by Crippen LogP contribution is 2.45. The molecule has 1 atom stereocenters. The van der Waals surface area contributed by atoms with Crippen molar-refractivity contribution in [2.75, 3.05) is 37.7 Å². The van der Waals surface area contributed by atoms with E-state index in [2.05, 4.69) is 31.9 Å². The van der Waals surface area contributed by atoms with Crippen LogP contribution in [0.15, 0.2) is 42.9 Å². The van der Waals surface area contributed by atoms with Crippen LogP contribution in [0.4, 0.5) is 5.82 Å². The van der Waals surface area contributed by atoms with E-state index in [4.69, 9.17) is 5.26 Å². The Morgan fingerprint density at radius 1 is 1.26 bits per heavy atom. The van der Waals surface area contributed by atoms with Crippen LogP contribution in [0.1, 0.15) is 24.0 Å². The number of hydrogen-bond acceptors (Lipinski definition) is 6. The Kier molecular flexibility index (Phi) is 5.06. The van der Waals surface area contributed by atoms with Gasteiger partial charge in [-0.2, -0.15) is 5.26 Å². The van der Waals surface area contributed by atoms with Gasteiger partial charge in [-0.1, -0.05) is 12.1 Å². The monoisotopic (exact) mass is 363 g/mol. The Labute approximate surface area is 160 Å². The molecule has 4 rings (SSSR count). The fourth-order valence-corrected chi connectivity index (χ4v) is 4.65. The molecule has 2 aliphatic heterocycles.